The van der Waals surface area contributed by atoms with Crippen molar-refractivity contribution in [3.63, 3.8) is 0 Å². The Labute approximate surface area is 99.7 Å². The van der Waals surface area contributed by atoms with Crippen LogP contribution in [0.4, 0.5) is 0 Å². The molecule has 0 aliphatic heterocycles. The van der Waals surface area contributed by atoms with Gasteiger partial charge in [0.1, 0.15) is 0 Å². The number of rotatable bonds is 10. The van der Waals surface area contributed by atoms with Gasteiger partial charge < -0.3 is 10.1 Å². The maximum atomic E-state index is 5.69. The highest BCUT2D eigenvalue weighted by Crippen LogP contribution is 2.21. The van der Waals surface area contributed by atoms with Gasteiger partial charge >= 0.3 is 0 Å². The summed E-state index contributed by atoms with van der Waals surface area (Å²) in [5.74, 6) is 0.772. The Balaban J connectivity index is 3.32. The molecule has 92 valence electrons. The minimum absolute atomic E-state index is 0.362. The highest BCUT2D eigenvalue weighted by Gasteiger charge is 2.15. The number of halogens is 1. The molecule has 0 fully saturated rings. The van der Waals surface area contributed by atoms with Crippen LogP contribution in [0, 0.1) is 5.41 Å². The van der Waals surface area contributed by atoms with Crippen molar-refractivity contribution in [1.82, 2.24) is 5.32 Å². The first-order valence-electron chi connectivity index (χ1n) is 5.97. The average Bonchev–Trinajstić information content (AvgIpc) is 2.20. The van der Waals surface area contributed by atoms with Gasteiger partial charge in [-0.1, -0.05) is 13.8 Å². The molecule has 0 aromatic heterocycles. The number of alkyl halides is 1. The van der Waals surface area contributed by atoms with Crippen LogP contribution < -0.4 is 5.32 Å². The van der Waals surface area contributed by atoms with Crippen molar-refractivity contribution < 1.29 is 4.74 Å². The molecule has 0 aliphatic carbocycles. The summed E-state index contributed by atoms with van der Waals surface area (Å²) in [5, 5.41) is 3.47. The molecule has 2 nitrogen and oxygen atoms in total. The summed E-state index contributed by atoms with van der Waals surface area (Å²) in [6.45, 7) is 10.4. The lowest BCUT2D eigenvalue weighted by Gasteiger charge is -2.24. The Morgan fingerprint density at radius 1 is 1.27 bits per heavy atom. The molecule has 0 atom stereocenters. The van der Waals surface area contributed by atoms with Crippen LogP contribution in [0.2, 0.25) is 0 Å². The van der Waals surface area contributed by atoms with E-state index in [0.29, 0.717) is 5.41 Å². The lowest BCUT2D eigenvalue weighted by Crippen LogP contribution is -2.30. The van der Waals surface area contributed by atoms with Crippen LogP contribution in [0.15, 0.2) is 0 Å². The predicted molar refractivity (Wildman–Crippen MR) is 67.7 cm³/mol. The van der Waals surface area contributed by atoms with E-state index < -0.39 is 0 Å². The quantitative estimate of drug-likeness (QED) is 0.464. The second-order valence-electron chi connectivity index (χ2n) is 4.68. The third kappa shape index (κ3) is 10.5. The van der Waals surface area contributed by atoms with E-state index in [9.17, 15) is 0 Å². The zero-order chi connectivity index (χ0) is 11.6. The molecule has 0 heterocycles. The van der Waals surface area contributed by atoms with Crippen LogP contribution in [0.3, 0.4) is 0 Å². The second kappa shape index (κ2) is 9.44. The Kier molecular flexibility index (Phi) is 9.57. The van der Waals surface area contributed by atoms with Crippen molar-refractivity contribution in [2.45, 2.75) is 40.0 Å². The molecule has 0 aromatic carbocycles. The van der Waals surface area contributed by atoms with Crippen molar-refractivity contribution >= 4 is 11.6 Å². The molecule has 0 saturated heterocycles. The summed E-state index contributed by atoms with van der Waals surface area (Å²) >= 11 is 5.69. The van der Waals surface area contributed by atoms with Crippen LogP contribution in [0.25, 0.3) is 0 Å². The van der Waals surface area contributed by atoms with Gasteiger partial charge in [0.05, 0.1) is 0 Å². The summed E-state index contributed by atoms with van der Waals surface area (Å²) in [7, 11) is 0. The Bertz CT molecular complexity index is 140. The van der Waals surface area contributed by atoms with E-state index >= 15 is 0 Å². The third-order valence-corrected chi connectivity index (χ3v) is 2.70. The Morgan fingerprint density at radius 2 is 2.00 bits per heavy atom. The van der Waals surface area contributed by atoms with E-state index in [1.807, 2.05) is 6.92 Å². The maximum Gasteiger partial charge on any atom is 0.0477 e. The van der Waals surface area contributed by atoms with Crippen molar-refractivity contribution in [2.75, 3.05) is 32.2 Å². The van der Waals surface area contributed by atoms with Gasteiger partial charge in [0.2, 0.25) is 0 Å². The number of ether oxygens (including phenoxy) is 1. The van der Waals surface area contributed by atoms with Crippen LogP contribution >= 0.6 is 11.6 Å². The van der Waals surface area contributed by atoms with E-state index in [1.165, 1.54) is 6.42 Å². The second-order valence-corrected chi connectivity index (χ2v) is 5.06. The number of hydrogen-bond acceptors (Lipinski definition) is 2. The molecule has 0 aromatic rings. The van der Waals surface area contributed by atoms with Crippen LogP contribution in [-0.2, 0) is 4.74 Å². The van der Waals surface area contributed by atoms with E-state index in [4.69, 9.17) is 16.3 Å². The molecular formula is C12H26ClNO. The van der Waals surface area contributed by atoms with Gasteiger partial charge in [-0.3, -0.25) is 0 Å². The molecule has 0 aliphatic rings. The monoisotopic (exact) mass is 235 g/mol. The largest absolute Gasteiger partial charge is 0.382 e. The molecule has 0 radical (unpaired) electrons. The van der Waals surface area contributed by atoms with E-state index in [0.717, 1.165) is 45.0 Å². The predicted octanol–water partition coefficient (Wildman–Crippen LogP) is 3.05. The van der Waals surface area contributed by atoms with Crippen LogP contribution in [-0.4, -0.2) is 32.2 Å². The molecule has 0 bridgehead atoms. The van der Waals surface area contributed by atoms with Gasteiger partial charge in [0, 0.05) is 25.6 Å². The van der Waals surface area contributed by atoms with Crippen molar-refractivity contribution in [1.29, 1.82) is 0 Å². The molecule has 15 heavy (non-hydrogen) atoms. The van der Waals surface area contributed by atoms with Gasteiger partial charge in [-0.25, -0.2) is 0 Å². The minimum Gasteiger partial charge on any atom is -0.382 e. The molecule has 3 heteroatoms. The highest BCUT2D eigenvalue weighted by atomic mass is 35.5. The van der Waals surface area contributed by atoms with Gasteiger partial charge in [-0.15, -0.1) is 11.6 Å². The Morgan fingerprint density at radius 3 is 2.60 bits per heavy atom. The third-order valence-electron chi connectivity index (χ3n) is 2.44. The standard InChI is InChI=1S/C12H26ClNO/c1-4-15-10-6-9-14-11-12(2,3)7-5-8-13/h14H,4-11H2,1-3H3. The summed E-state index contributed by atoms with van der Waals surface area (Å²) in [6.07, 6.45) is 3.39. The number of nitrogens with one attached hydrogen (secondary N) is 1. The zero-order valence-corrected chi connectivity index (χ0v) is 11.2. The smallest absolute Gasteiger partial charge is 0.0477 e. The highest BCUT2D eigenvalue weighted by molar-refractivity contribution is 6.17. The van der Waals surface area contributed by atoms with E-state index in [1.54, 1.807) is 0 Å². The molecule has 0 saturated carbocycles. The first kappa shape index (κ1) is 15.2. The van der Waals surface area contributed by atoms with Gasteiger partial charge in [-0.2, -0.15) is 0 Å². The summed E-state index contributed by atoms with van der Waals surface area (Å²) in [6, 6.07) is 0. The lowest BCUT2D eigenvalue weighted by molar-refractivity contribution is 0.144. The molecule has 0 amide bonds. The number of hydrogen-bond donors (Lipinski definition) is 1. The molecule has 1 N–H and O–H groups in total. The fourth-order valence-electron chi connectivity index (χ4n) is 1.50. The summed E-state index contributed by atoms with van der Waals surface area (Å²) in [4.78, 5) is 0. The normalized spacial score (nSPS) is 12.0. The zero-order valence-electron chi connectivity index (χ0n) is 10.4. The SMILES string of the molecule is CCOCCCNCC(C)(C)CCCCl. The maximum absolute atomic E-state index is 5.69. The van der Waals surface area contributed by atoms with Crippen molar-refractivity contribution in [3.8, 4) is 0 Å². The summed E-state index contributed by atoms with van der Waals surface area (Å²) < 4.78 is 5.27. The first-order valence-corrected chi connectivity index (χ1v) is 6.50. The molecule has 0 spiro atoms. The van der Waals surface area contributed by atoms with Crippen LogP contribution in [0.5, 0.6) is 0 Å². The average molecular weight is 236 g/mol. The van der Waals surface area contributed by atoms with Gasteiger partial charge in [0.25, 0.3) is 0 Å². The fraction of sp³-hybridized carbons (Fsp3) is 1.00. The van der Waals surface area contributed by atoms with Crippen molar-refractivity contribution in [3.05, 3.63) is 0 Å². The van der Waals surface area contributed by atoms with Crippen LogP contribution in [0.1, 0.15) is 40.0 Å². The topological polar surface area (TPSA) is 21.3 Å². The first-order chi connectivity index (χ1) is 7.12. The minimum atomic E-state index is 0.362. The molecule has 0 rings (SSSR count). The van der Waals surface area contributed by atoms with E-state index in [-0.39, 0.29) is 0 Å². The Hall–Kier alpha value is 0.210. The fourth-order valence-corrected chi connectivity index (χ4v) is 1.64. The van der Waals surface area contributed by atoms with Gasteiger partial charge in [-0.05, 0) is 38.1 Å². The van der Waals surface area contributed by atoms with E-state index in [2.05, 4.69) is 19.2 Å². The summed E-state index contributed by atoms with van der Waals surface area (Å²) in [5.41, 5.74) is 0.362. The lowest BCUT2D eigenvalue weighted by atomic mass is 9.88. The van der Waals surface area contributed by atoms with Crippen molar-refractivity contribution in [2.24, 2.45) is 5.41 Å². The molecule has 0 unspecified atom stereocenters. The molecular weight excluding hydrogens is 210 g/mol. The van der Waals surface area contributed by atoms with Gasteiger partial charge in [0.15, 0.2) is 0 Å².